The molecule has 1 heterocycles. The molecule has 0 amide bonds. The molecule has 1 aliphatic rings. The molecule has 1 fully saturated rings. The fourth-order valence-electron chi connectivity index (χ4n) is 2.80. The smallest absolute Gasteiger partial charge is 0.244 e. The van der Waals surface area contributed by atoms with Crippen molar-refractivity contribution in [1.82, 2.24) is 9.21 Å². The maximum atomic E-state index is 12.8. The molecule has 1 atom stereocenters. The molecule has 0 bridgehead atoms. The van der Waals surface area contributed by atoms with E-state index < -0.39 is 10.0 Å². The van der Waals surface area contributed by atoms with Crippen molar-refractivity contribution in [2.45, 2.75) is 30.7 Å². The van der Waals surface area contributed by atoms with Gasteiger partial charge in [-0.15, -0.1) is 0 Å². The summed E-state index contributed by atoms with van der Waals surface area (Å²) in [6.07, 6.45) is 2.20. The van der Waals surface area contributed by atoms with Gasteiger partial charge in [0.25, 0.3) is 0 Å². The second-order valence-electron chi connectivity index (χ2n) is 5.59. The van der Waals surface area contributed by atoms with Gasteiger partial charge >= 0.3 is 0 Å². The van der Waals surface area contributed by atoms with Gasteiger partial charge in [0.15, 0.2) is 0 Å². The lowest BCUT2D eigenvalue weighted by Gasteiger charge is -2.26. The Kier molecular flexibility index (Phi) is 5.24. The average Bonchev–Trinajstić information content (AvgIpc) is 2.85. The summed E-state index contributed by atoms with van der Waals surface area (Å²) >= 11 is 0. The van der Waals surface area contributed by atoms with Crippen molar-refractivity contribution < 1.29 is 8.42 Å². The van der Waals surface area contributed by atoms with Crippen molar-refractivity contribution in [2.75, 3.05) is 39.0 Å². The van der Waals surface area contributed by atoms with Crippen LogP contribution in [0.3, 0.4) is 0 Å². The van der Waals surface area contributed by atoms with Gasteiger partial charge in [0, 0.05) is 26.2 Å². The Balaban J connectivity index is 2.20. The number of hydrogen-bond donors (Lipinski definition) is 1. The van der Waals surface area contributed by atoms with E-state index in [1.165, 1.54) is 4.31 Å². The van der Waals surface area contributed by atoms with E-state index in [2.05, 4.69) is 17.3 Å². The average molecular weight is 311 g/mol. The number of para-hydroxylation sites is 1. The number of hydrogen-bond acceptors (Lipinski definition) is 4. The molecule has 0 radical (unpaired) electrons. The Labute approximate surface area is 128 Å². The third-order valence-electron chi connectivity index (χ3n) is 4.08. The maximum Gasteiger partial charge on any atom is 0.244 e. The molecule has 1 N–H and O–H groups in total. The van der Waals surface area contributed by atoms with E-state index in [9.17, 15) is 8.42 Å². The third-order valence-corrected chi connectivity index (χ3v) is 5.96. The Hall–Kier alpha value is -1.11. The molecule has 0 saturated carbocycles. The third kappa shape index (κ3) is 3.56. The molecule has 0 spiro atoms. The zero-order valence-corrected chi connectivity index (χ0v) is 13.9. The summed E-state index contributed by atoms with van der Waals surface area (Å²) in [5, 5.41) is 3.12. The van der Waals surface area contributed by atoms with Crippen LogP contribution in [0.4, 0.5) is 5.69 Å². The van der Waals surface area contributed by atoms with Crippen molar-refractivity contribution in [2.24, 2.45) is 0 Å². The Morgan fingerprint density at radius 1 is 1.38 bits per heavy atom. The van der Waals surface area contributed by atoms with Crippen LogP contribution in [0.2, 0.25) is 0 Å². The number of likely N-dealkylation sites (N-methyl/N-ethyl adjacent to an activating group) is 2. The minimum Gasteiger partial charge on any atom is -0.384 e. The van der Waals surface area contributed by atoms with Crippen LogP contribution >= 0.6 is 0 Å². The predicted octanol–water partition coefficient (Wildman–Crippen LogP) is 1.83. The lowest BCUT2D eigenvalue weighted by molar-refractivity contribution is 0.271. The molecular weight excluding hydrogens is 286 g/mol. The van der Waals surface area contributed by atoms with Gasteiger partial charge in [0.1, 0.15) is 4.90 Å². The van der Waals surface area contributed by atoms with Crippen LogP contribution in [-0.4, -0.2) is 57.4 Å². The second-order valence-corrected chi connectivity index (χ2v) is 7.60. The van der Waals surface area contributed by atoms with E-state index in [1.54, 1.807) is 19.2 Å². The first-order valence-electron chi connectivity index (χ1n) is 7.46. The highest BCUT2D eigenvalue weighted by Gasteiger charge is 2.29. The highest BCUT2D eigenvalue weighted by Crippen LogP contribution is 2.25. The molecule has 0 aromatic heterocycles. The summed E-state index contributed by atoms with van der Waals surface area (Å²) < 4.78 is 27.1. The van der Waals surface area contributed by atoms with Crippen LogP contribution in [-0.2, 0) is 10.0 Å². The number of likely N-dealkylation sites (tertiary alicyclic amines) is 1. The highest BCUT2D eigenvalue weighted by molar-refractivity contribution is 7.89. The minimum atomic E-state index is -3.46. The van der Waals surface area contributed by atoms with E-state index in [0.29, 0.717) is 29.7 Å². The van der Waals surface area contributed by atoms with Crippen LogP contribution in [0, 0.1) is 0 Å². The van der Waals surface area contributed by atoms with Crippen LogP contribution < -0.4 is 5.32 Å². The molecule has 21 heavy (non-hydrogen) atoms. The molecule has 1 unspecified atom stereocenters. The lowest BCUT2D eigenvalue weighted by Crippen LogP contribution is -2.39. The first kappa shape index (κ1) is 16.3. The number of nitrogens with zero attached hydrogens (tertiary/aromatic N) is 2. The van der Waals surface area contributed by atoms with Gasteiger partial charge in [-0.1, -0.05) is 12.1 Å². The van der Waals surface area contributed by atoms with E-state index in [1.807, 2.05) is 19.1 Å². The number of sulfonamides is 1. The Bertz CT molecular complexity index is 574. The summed E-state index contributed by atoms with van der Waals surface area (Å²) in [6, 6.07) is 7.41. The van der Waals surface area contributed by atoms with Gasteiger partial charge in [0.2, 0.25) is 10.0 Å². The largest absolute Gasteiger partial charge is 0.384 e. The van der Waals surface area contributed by atoms with Crippen molar-refractivity contribution in [1.29, 1.82) is 0 Å². The molecule has 2 rings (SSSR count). The number of nitrogens with one attached hydrogen (secondary N) is 1. The summed E-state index contributed by atoms with van der Waals surface area (Å²) in [5.41, 5.74) is 0.673. The summed E-state index contributed by atoms with van der Waals surface area (Å²) in [6.45, 7) is 4.24. The quantitative estimate of drug-likeness (QED) is 0.871. The monoisotopic (exact) mass is 311 g/mol. The van der Waals surface area contributed by atoms with Gasteiger partial charge in [0.05, 0.1) is 5.69 Å². The first-order chi connectivity index (χ1) is 9.96. The van der Waals surface area contributed by atoms with E-state index in [4.69, 9.17) is 0 Å². The maximum absolute atomic E-state index is 12.8. The SMILES string of the molecule is CCNc1ccccc1S(=O)(=O)N(C)CC1CCCN1C. The van der Waals surface area contributed by atoms with E-state index in [0.717, 1.165) is 19.4 Å². The second kappa shape index (κ2) is 6.77. The molecule has 1 aromatic rings. The van der Waals surface area contributed by atoms with Crippen LogP contribution in [0.15, 0.2) is 29.2 Å². The first-order valence-corrected chi connectivity index (χ1v) is 8.90. The highest BCUT2D eigenvalue weighted by atomic mass is 32.2. The molecule has 118 valence electrons. The molecule has 1 aliphatic heterocycles. The summed E-state index contributed by atoms with van der Waals surface area (Å²) in [5.74, 6) is 0. The predicted molar refractivity (Wildman–Crippen MR) is 86.1 cm³/mol. The molecule has 6 heteroatoms. The van der Waals surface area contributed by atoms with Crippen molar-refractivity contribution in [3.05, 3.63) is 24.3 Å². The molecular formula is C15H25N3O2S. The van der Waals surface area contributed by atoms with Gasteiger partial charge in [-0.05, 0) is 45.5 Å². The molecule has 0 aliphatic carbocycles. The molecule has 1 aromatic carbocycles. The Morgan fingerprint density at radius 3 is 2.71 bits per heavy atom. The van der Waals surface area contributed by atoms with Gasteiger partial charge < -0.3 is 10.2 Å². The number of anilines is 1. The van der Waals surface area contributed by atoms with E-state index >= 15 is 0 Å². The summed E-state index contributed by atoms with van der Waals surface area (Å²) in [4.78, 5) is 2.59. The van der Waals surface area contributed by atoms with Crippen LogP contribution in [0.5, 0.6) is 0 Å². The van der Waals surface area contributed by atoms with Crippen LogP contribution in [0.25, 0.3) is 0 Å². The standard InChI is InChI=1S/C15H25N3O2S/c1-4-16-14-9-5-6-10-15(14)21(19,20)18(3)12-13-8-7-11-17(13)2/h5-6,9-10,13,16H,4,7-8,11-12H2,1-3H3. The molecule has 1 saturated heterocycles. The fraction of sp³-hybridized carbons (Fsp3) is 0.600. The zero-order valence-electron chi connectivity index (χ0n) is 13.0. The topological polar surface area (TPSA) is 52.7 Å². The van der Waals surface area contributed by atoms with Gasteiger partial charge in [-0.2, -0.15) is 4.31 Å². The Morgan fingerprint density at radius 2 is 2.10 bits per heavy atom. The van der Waals surface area contributed by atoms with Crippen molar-refractivity contribution >= 4 is 15.7 Å². The van der Waals surface area contributed by atoms with Crippen molar-refractivity contribution in [3.63, 3.8) is 0 Å². The lowest BCUT2D eigenvalue weighted by atomic mass is 10.2. The van der Waals surface area contributed by atoms with Crippen molar-refractivity contribution in [3.8, 4) is 0 Å². The van der Waals surface area contributed by atoms with Gasteiger partial charge in [-0.25, -0.2) is 8.42 Å². The minimum absolute atomic E-state index is 0.316. The number of benzene rings is 1. The van der Waals surface area contributed by atoms with Gasteiger partial charge in [-0.3, -0.25) is 0 Å². The van der Waals surface area contributed by atoms with Crippen LogP contribution in [0.1, 0.15) is 19.8 Å². The summed E-state index contributed by atoms with van der Waals surface area (Å²) in [7, 11) is 0.273. The molecule has 5 nitrogen and oxygen atoms in total. The fourth-order valence-corrected chi connectivity index (χ4v) is 4.17. The van der Waals surface area contributed by atoms with E-state index in [-0.39, 0.29) is 0 Å². The normalized spacial score (nSPS) is 20.1. The number of rotatable bonds is 6. The zero-order chi connectivity index (χ0) is 15.5.